The third-order valence-electron chi connectivity index (χ3n) is 5.92. The Kier molecular flexibility index (Phi) is 7.51. The van der Waals surface area contributed by atoms with Crippen LogP contribution in [0.25, 0.3) is 17.0 Å². The molecular weight excluding hydrogens is 559 g/mol. The first kappa shape index (κ1) is 26.6. The summed E-state index contributed by atoms with van der Waals surface area (Å²) in [5, 5.41) is 4.87. The van der Waals surface area contributed by atoms with Gasteiger partial charge in [0.05, 0.1) is 15.5 Å². The summed E-state index contributed by atoms with van der Waals surface area (Å²) in [5.41, 5.74) is 5.64. The molecule has 0 spiro atoms. The normalized spacial score (nSPS) is 14.3. The van der Waals surface area contributed by atoms with E-state index in [9.17, 15) is 18.8 Å². The number of hydrogen-bond acceptors (Lipinski definition) is 5. The van der Waals surface area contributed by atoms with Crippen LogP contribution in [0.2, 0.25) is 5.02 Å². The average Bonchev–Trinajstić information content (AvgIpc) is 3.37. The summed E-state index contributed by atoms with van der Waals surface area (Å²) in [7, 11) is 0. The van der Waals surface area contributed by atoms with Crippen molar-refractivity contribution >= 4 is 80.3 Å². The number of thioether (sulfide) groups is 1. The third-order valence-corrected chi connectivity index (χ3v) is 7.54. The van der Waals surface area contributed by atoms with E-state index in [-0.39, 0.29) is 27.4 Å². The minimum absolute atomic E-state index is 0.0000556. The molecule has 0 bridgehead atoms. The van der Waals surface area contributed by atoms with Gasteiger partial charge in [-0.1, -0.05) is 47.6 Å². The summed E-state index contributed by atoms with van der Waals surface area (Å²) in [6, 6.07) is 18.0. The number of para-hydroxylation sites is 1. The highest BCUT2D eigenvalue weighted by Crippen LogP contribution is 2.34. The number of hydrazine groups is 1. The lowest BCUT2D eigenvalue weighted by molar-refractivity contribution is -0.123. The summed E-state index contributed by atoms with van der Waals surface area (Å²) >= 11 is 12.6. The first-order valence-electron chi connectivity index (χ1n) is 11.7. The van der Waals surface area contributed by atoms with Gasteiger partial charge in [-0.2, -0.15) is 5.01 Å². The molecule has 3 amide bonds. The molecule has 2 heterocycles. The Morgan fingerprint density at radius 3 is 2.59 bits per heavy atom. The summed E-state index contributed by atoms with van der Waals surface area (Å²) in [5.74, 6) is -1.72. The van der Waals surface area contributed by atoms with Crippen molar-refractivity contribution in [3.63, 3.8) is 0 Å². The zero-order valence-corrected chi connectivity index (χ0v) is 22.8. The molecule has 0 radical (unpaired) electrons. The zero-order chi connectivity index (χ0) is 27.7. The second-order valence-corrected chi connectivity index (χ2v) is 10.8. The van der Waals surface area contributed by atoms with Gasteiger partial charge in [-0.3, -0.25) is 19.8 Å². The average molecular weight is 579 g/mol. The molecule has 1 aromatic heterocycles. The van der Waals surface area contributed by atoms with E-state index in [1.54, 1.807) is 35.0 Å². The van der Waals surface area contributed by atoms with E-state index in [0.717, 1.165) is 33.2 Å². The molecule has 1 aliphatic rings. The van der Waals surface area contributed by atoms with E-state index in [1.165, 1.54) is 24.3 Å². The number of carbonyl (C=O) groups excluding carboxylic acids is 3. The number of benzene rings is 3. The van der Waals surface area contributed by atoms with Crippen LogP contribution in [0.3, 0.4) is 0 Å². The number of halogens is 2. The molecule has 11 heteroatoms. The van der Waals surface area contributed by atoms with Crippen LogP contribution < -0.4 is 10.7 Å². The van der Waals surface area contributed by atoms with Gasteiger partial charge in [-0.15, -0.1) is 0 Å². The van der Waals surface area contributed by atoms with Crippen LogP contribution >= 0.6 is 35.6 Å². The summed E-state index contributed by atoms with van der Waals surface area (Å²) in [6.07, 6.45) is 3.45. The van der Waals surface area contributed by atoms with E-state index in [0.29, 0.717) is 16.2 Å². The second kappa shape index (κ2) is 11.0. The van der Waals surface area contributed by atoms with Gasteiger partial charge in [0.15, 0.2) is 4.32 Å². The Labute approximate surface area is 237 Å². The Morgan fingerprint density at radius 1 is 1.10 bits per heavy atom. The van der Waals surface area contributed by atoms with Gasteiger partial charge in [0.25, 0.3) is 11.8 Å². The fourth-order valence-electron chi connectivity index (χ4n) is 4.08. The fraction of sp³-hybridized carbons (Fsp3) is 0.0714. The Morgan fingerprint density at radius 2 is 1.85 bits per heavy atom. The molecule has 5 rings (SSSR count). The smallest absolute Gasteiger partial charge is 0.285 e. The van der Waals surface area contributed by atoms with Crippen LogP contribution in [0.5, 0.6) is 0 Å². The number of aryl methyl sites for hydroxylation is 1. The minimum atomic E-state index is -0.554. The van der Waals surface area contributed by atoms with Crippen LogP contribution in [-0.4, -0.2) is 31.6 Å². The van der Waals surface area contributed by atoms with E-state index in [2.05, 4.69) is 10.7 Å². The maximum atomic E-state index is 13.2. The maximum Gasteiger partial charge on any atom is 0.285 e. The van der Waals surface area contributed by atoms with E-state index < -0.39 is 17.6 Å². The highest BCUT2D eigenvalue weighted by atomic mass is 35.5. The van der Waals surface area contributed by atoms with Gasteiger partial charge in [0.2, 0.25) is 5.91 Å². The molecule has 0 aliphatic carbocycles. The Hall–Kier alpha value is -3.99. The summed E-state index contributed by atoms with van der Waals surface area (Å²) in [4.78, 5) is 39.0. The van der Waals surface area contributed by atoms with Crippen molar-refractivity contribution in [3.05, 3.63) is 105 Å². The molecular formula is C28H20ClFN4O3S2. The van der Waals surface area contributed by atoms with Crippen LogP contribution in [0.4, 0.5) is 10.1 Å². The number of nitrogens with zero attached hydrogens (tertiary/aromatic N) is 2. The largest absolute Gasteiger partial charge is 0.337 e. The number of anilines is 1. The van der Waals surface area contributed by atoms with Gasteiger partial charge >= 0.3 is 0 Å². The number of nitrogens with one attached hydrogen (secondary N) is 2. The van der Waals surface area contributed by atoms with E-state index in [4.69, 9.17) is 23.8 Å². The fourth-order valence-corrected chi connectivity index (χ4v) is 5.57. The molecule has 0 saturated carbocycles. The molecule has 1 aliphatic heterocycles. The number of rotatable bonds is 6. The topological polar surface area (TPSA) is 83.4 Å². The molecule has 2 N–H and O–H groups in total. The molecule has 4 aromatic rings. The predicted octanol–water partition coefficient (Wildman–Crippen LogP) is 5.93. The molecule has 39 heavy (non-hydrogen) atoms. The monoisotopic (exact) mass is 578 g/mol. The predicted molar refractivity (Wildman–Crippen MR) is 156 cm³/mol. The van der Waals surface area contributed by atoms with Crippen LogP contribution in [0, 0.1) is 12.7 Å². The van der Waals surface area contributed by atoms with Gasteiger partial charge in [-0.25, -0.2) is 4.39 Å². The van der Waals surface area contributed by atoms with Crippen molar-refractivity contribution in [2.75, 3.05) is 5.32 Å². The van der Waals surface area contributed by atoms with E-state index >= 15 is 0 Å². The Bertz CT molecular complexity index is 1680. The number of thiocarbonyl (C=S) groups is 1. The van der Waals surface area contributed by atoms with Crippen molar-refractivity contribution in [1.29, 1.82) is 0 Å². The maximum absolute atomic E-state index is 13.2. The van der Waals surface area contributed by atoms with Crippen LogP contribution in [0.1, 0.15) is 21.5 Å². The molecule has 0 atom stereocenters. The molecule has 1 saturated heterocycles. The number of fused-ring (bicyclic) bond motifs is 1. The molecule has 1 fully saturated rings. The lowest BCUT2D eigenvalue weighted by atomic mass is 10.1. The highest BCUT2D eigenvalue weighted by Gasteiger charge is 2.34. The highest BCUT2D eigenvalue weighted by molar-refractivity contribution is 8.26. The van der Waals surface area contributed by atoms with E-state index in [1.807, 2.05) is 31.2 Å². The first-order valence-corrected chi connectivity index (χ1v) is 13.3. The summed E-state index contributed by atoms with van der Waals surface area (Å²) < 4.78 is 15.1. The van der Waals surface area contributed by atoms with Gasteiger partial charge in [0.1, 0.15) is 12.4 Å². The third kappa shape index (κ3) is 5.73. The molecule has 0 unspecified atom stereocenters. The lowest BCUT2D eigenvalue weighted by Gasteiger charge is -2.16. The van der Waals surface area contributed by atoms with Gasteiger partial charge in [-0.05, 0) is 73.2 Å². The summed E-state index contributed by atoms with van der Waals surface area (Å²) in [6.45, 7) is 1.86. The van der Waals surface area contributed by atoms with Crippen molar-refractivity contribution in [2.45, 2.75) is 13.5 Å². The van der Waals surface area contributed by atoms with Crippen molar-refractivity contribution in [3.8, 4) is 0 Å². The lowest BCUT2D eigenvalue weighted by Crippen LogP contribution is -2.44. The minimum Gasteiger partial charge on any atom is -0.337 e. The molecule has 3 aromatic carbocycles. The quantitative estimate of drug-likeness (QED) is 0.219. The zero-order valence-electron chi connectivity index (χ0n) is 20.4. The number of amides is 3. The van der Waals surface area contributed by atoms with Gasteiger partial charge < -0.3 is 9.88 Å². The Balaban J connectivity index is 1.36. The standard InChI is InChI=1S/C28H20ClFN4O3S2/c1-16-6-11-21(22(29)12-16)26(36)32-34-27(37)24(39-28(34)38)13-17-14-33(23-5-3-2-4-20(17)23)15-25(35)31-19-9-7-18(30)8-10-19/h2-14H,15H2,1H3,(H,31,35)(H,32,36)/b24-13-. The molecule has 7 nitrogen and oxygen atoms in total. The number of carbonyl (C=O) groups is 3. The number of hydrogen-bond donors (Lipinski definition) is 2. The first-order chi connectivity index (χ1) is 18.7. The number of aromatic nitrogens is 1. The SMILES string of the molecule is Cc1ccc(C(=O)NN2C(=O)/C(=C/c3cn(CC(=O)Nc4ccc(F)cc4)c4ccccc34)SC2=S)c(Cl)c1. The van der Waals surface area contributed by atoms with Crippen molar-refractivity contribution in [2.24, 2.45) is 0 Å². The van der Waals surface area contributed by atoms with Crippen molar-refractivity contribution < 1.29 is 18.8 Å². The second-order valence-electron chi connectivity index (χ2n) is 8.73. The molecule has 196 valence electrons. The van der Waals surface area contributed by atoms with Crippen LogP contribution in [0.15, 0.2) is 77.8 Å². The van der Waals surface area contributed by atoms with Gasteiger partial charge in [0, 0.05) is 28.4 Å². The van der Waals surface area contributed by atoms with Crippen LogP contribution in [-0.2, 0) is 16.1 Å². The van der Waals surface area contributed by atoms with Crippen molar-refractivity contribution in [1.82, 2.24) is 15.0 Å².